The lowest BCUT2D eigenvalue weighted by Gasteiger charge is -2.28. The van der Waals surface area contributed by atoms with E-state index in [2.05, 4.69) is 52.1 Å². The standard InChI is InChI=1S/C35H33N5O3S/c1-23-21-30(24(2)39(23)26-16-18-28(42-3)19-17-26)34-33(31-11-7-8-20-36-31)38-35(44)40(34)27-14-12-25(13-15-27)37-32(41)22-43-29-9-5-4-6-10-29/h4-21,33-34H,22H2,1-3H3,(H,37,41)(H,38,44)/t33-,34+/m1/s1. The van der Waals surface area contributed by atoms with E-state index in [4.69, 9.17) is 26.7 Å². The van der Waals surface area contributed by atoms with Gasteiger partial charge in [0.25, 0.3) is 5.91 Å². The predicted molar refractivity (Wildman–Crippen MR) is 177 cm³/mol. The van der Waals surface area contributed by atoms with Gasteiger partial charge in [0.15, 0.2) is 11.7 Å². The first-order valence-corrected chi connectivity index (χ1v) is 14.8. The first-order valence-electron chi connectivity index (χ1n) is 14.3. The van der Waals surface area contributed by atoms with Crippen molar-refractivity contribution < 1.29 is 14.3 Å². The zero-order chi connectivity index (χ0) is 30.6. The van der Waals surface area contributed by atoms with Gasteiger partial charge in [0, 0.05) is 34.6 Å². The minimum absolute atomic E-state index is 0.0798. The molecule has 0 aliphatic carbocycles. The summed E-state index contributed by atoms with van der Waals surface area (Å²) >= 11 is 5.94. The Morgan fingerprint density at radius 3 is 2.30 bits per heavy atom. The number of nitrogens with one attached hydrogen (secondary N) is 2. The second-order valence-electron chi connectivity index (χ2n) is 10.6. The van der Waals surface area contributed by atoms with E-state index >= 15 is 0 Å². The number of nitrogens with zero attached hydrogens (tertiary/aromatic N) is 3. The number of rotatable bonds is 9. The molecule has 1 amide bonds. The van der Waals surface area contributed by atoms with Gasteiger partial charge < -0.3 is 29.6 Å². The molecule has 5 aromatic rings. The van der Waals surface area contributed by atoms with Gasteiger partial charge in [-0.2, -0.15) is 0 Å². The zero-order valence-corrected chi connectivity index (χ0v) is 25.5. The van der Waals surface area contributed by atoms with Crippen molar-refractivity contribution in [3.63, 3.8) is 0 Å². The summed E-state index contributed by atoms with van der Waals surface area (Å²) in [6.45, 7) is 4.17. The number of carbonyl (C=O) groups is 1. The molecule has 0 unspecified atom stereocenters. The highest BCUT2D eigenvalue weighted by Gasteiger charge is 2.42. The number of pyridine rings is 1. The van der Waals surface area contributed by atoms with Crippen molar-refractivity contribution >= 4 is 34.6 Å². The predicted octanol–water partition coefficient (Wildman–Crippen LogP) is 6.69. The van der Waals surface area contributed by atoms with Crippen LogP contribution in [0.2, 0.25) is 0 Å². The third kappa shape index (κ3) is 5.87. The minimum Gasteiger partial charge on any atom is -0.497 e. The smallest absolute Gasteiger partial charge is 0.262 e. The molecule has 2 N–H and O–H groups in total. The molecular formula is C35H33N5O3S. The lowest BCUT2D eigenvalue weighted by atomic mass is 9.96. The molecule has 1 saturated heterocycles. The molecule has 6 rings (SSSR count). The Bertz CT molecular complexity index is 1760. The number of benzene rings is 3. The van der Waals surface area contributed by atoms with Crippen LogP contribution in [0.25, 0.3) is 5.69 Å². The van der Waals surface area contributed by atoms with Gasteiger partial charge in [-0.05, 0) is 110 Å². The van der Waals surface area contributed by atoms with Gasteiger partial charge in [0.05, 0.1) is 24.9 Å². The molecule has 3 heterocycles. The fourth-order valence-electron chi connectivity index (χ4n) is 5.73. The SMILES string of the molecule is COc1ccc(-n2c(C)cc([C@H]3[C@@H](c4ccccn4)NC(=S)N3c3ccc(NC(=O)COc4ccccc4)cc3)c2C)cc1. The quantitative estimate of drug-likeness (QED) is 0.182. The number of thiocarbonyl (C=S) groups is 1. The Balaban J connectivity index is 1.30. The normalized spacial score (nSPS) is 16.0. The fourth-order valence-corrected chi connectivity index (χ4v) is 6.08. The number of hydrogen-bond acceptors (Lipinski definition) is 5. The van der Waals surface area contributed by atoms with Gasteiger partial charge in [-0.3, -0.25) is 9.78 Å². The van der Waals surface area contributed by atoms with Gasteiger partial charge in [0.1, 0.15) is 11.5 Å². The third-order valence-electron chi connectivity index (χ3n) is 7.76. The lowest BCUT2D eigenvalue weighted by Crippen LogP contribution is -2.29. The number of aryl methyl sites for hydroxylation is 1. The van der Waals surface area contributed by atoms with Crippen LogP contribution in [0.4, 0.5) is 11.4 Å². The van der Waals surface area contributed by atoms with Crippen LogP contribution >= 0.6 is 12.2 Å². The van der Waals surface area contributed by atoms with E-state index in [-0.39, 0.29) is 24.6 Å². The number of anilines is 2. The van der Waals surface area contributed by atoms with E-state index in [1.807, 2.05) is 84.9 Å². The topological polar surface area (TPSA) is 80.7 Å². The number of methoxy groups -OCH3 is 1. The number of hydrogen-bond donors (Lipinski definition) is 2. The van der Waals surface area contributed by atoms with Gasteiger partial charge in [0.2, 0.25) is 0 Å². The van der Waals surface area contributed by atoms with E-state index in [0.717, 1.165) is 39.8 Å². The number of aromatic nitrogens is 2. The van der Waals surface area contributed by atoms with E-state index in [1.165, 1.54) is 0 Å². The summed E-state index contributed by atoms with van der Waals surface area (Å²) in [6, 6.07) is 32.8. The minimum atomic E-state index is -0.237. The molecule has 8 nitrogen and oxygen atoms in total. The Morgan fingerprint density at radius 2 is 1.61 bits per heavy atom. The highest BCUT2D eigenvalue weighted by atomic mass is 32.1. The molecule has 3 aromatic carbocycles. The van der Waals surface area contributed by atoms with Crippen LogP contribution in [0.5, 0.6) is 11.5 Å². The Hall–Kier alpha value is -5.15. The average Bonchev–Trinajstić information content (AvgIpc) is 3.55. The molecule has 9 heteroatoms. The maximum Gasteiger partial charge on any atom is 0.262 e. The molecule has 0 saturated carbocycles. The molecule has 2 aromatic heterocycles. The van der Waals surface area contributed by atoms with E-state index in [9.17, 15) is 4.79 Å². The molecule has 44 heavy (non-hydrogen) atoms. The van der Waals surface area contributed by atoms with Crippen molar-refractivity contribution in [2.24, 2.45) is 0 Å². The van der Waals surface area contributed by atoms with Crippen molar-refractivity contribution in [1.29, 1.82) is 0 Å². The number of para-hydroxylation sites is 1. The second kappa shape index (κ2) is 12.6. The zero-order valence-electron chi connectivity index (χ0n) is 24.7. The highest BCUT2D eigenvalue weighted by Crippen LogP contribution is 2.44. The summed E-state index contributed by atoms with van der Waals surface area (Å²) < 4.78 is 13.2. The van der Waals surface area contributed by atoms with E-state index < -0.39 is 0 Å². The highest BCUT2D eigenvalue weighted by molar-refractivity contribution is 7.80. The summed E-state index contributed by atoms with van der Waals surface area (Å²) in [5.41, 5.74) is 6.88. The maximum absolute atomic E-state index is 12.5. The van der Waals surface area contributed by atoms with Gasteiger partial charge >= 0.3 is 0 Å². The molecular weight excluding hydrogens is 570 g/mol. The summed E-state index contributed by atoms with van der Waals surface area (Å²) in [5.74, 6) is 1.22. The van der Waals surface area contributed by atoms with Crippen LogP contribution < -0.4 is 25.0 Å². The van der Waals surface area contributed by atoms with Gasteiger partial charge in [-0.15, -0.1) is 0 Å². The van der Waals surface area contributed by atoms with E-state index in [1.54, 1.807) is 13.3 Å². The van der Waals surface area contributed by atoms with Crippen LogP contribution in [0, 0.1) is 13.8 Å². The summed E-state index contributed by atoms with van der Waals surface area (Å²) in [5, 5.41) is 7.06. The third-order valence-corrected chi connectivity index (χ3v) is 8.07. The monoisotopic (exact) mass is 603 g/mol. The summed E-state index contributed by atoms with van der Waals surface area (Å²) in [6.07, 6.45) is 1.80. The number of amides is 1. The molecule has 2 atom stereocenters. The molecule has 1 fully saturated rings. The lowest BCUT2D eigenvalue weighted by molar-refractivity contribution is -0.118. The first-order chi connectivity index (χ1) is 21.4. The van der Waals surface area contributed by atoms with Crippen molar-refractivity contribution in [2.75, 3.05) is 23.9 Å². The van der Waals surface area contributed by atoms with Crippen molar-refractivity contribution in [3.05, 3.63) is 132 Å². The van der Waals surface area contributed by atoms with Gasteiger partial charge in [-0.1, -0.05) is 24.3 Å². The molecule has 0 radical (unpaired) electrons. The van der Waals surface area contributed by atoms with Gasteiger partial charge in [-0.25, -0.2) is 0 Å². The average molecular weight is 604 g/mol. The molecule has 1 aliphatic rings. The second-order valence-corrected chi connectivity index (χ2v) is 10.9. The first kappa shape index (κ1) is 28.9. The van der Waals surface area contributed by atoms with Crippen LogP contribution in [0.15, 0.2) is 109 Å². The molecule has 0 bridgehead atoms. The maximum atomic E-state index is 12.5. The molecule has 1 aliphatic heterocycles. The van der Waals surface area contributed by atoms with Crippen LogP contribution in [0.1, 0.15) is 34.7 Å². The Kier molecular flexibility index (Phi) is 8.29. The molecule has 222 valence electrons. The van der Waals surface area contributed by atoms with Crippen LogP contribution in [0.3, 0.4) is 0 Å². The van der Waals surface area contributed by atoms with E-state index in [0.29, 0.717) is 16.5 Å². The fraction of sp³-hybridized carbons (Fsp3) is 0.171. The van der Waals surface area contributed by atoms with Crippen LogP contribution in [-0.4, -0.2) is 34.3 Å². The number of carbonyl (C=O) groups excluding carboxylic acids is 1. The summed E-state index contributed by atoms with van der Waals surface area (Å²) in [7, 11) is 1.67. The number of ether oxygens (including phenoxy) is 2. The van der Waals surface area contributed by atoms with Crippen LogP contribution in [-0.2, 0) is 4.79 Å². The van der Waals surface area contributed by atoms with Crippen molar-refractivity contribution in [2.45, 2.75) is 25.9 Å². The largest absolute Gasteiger partial charge is 0.497 e. The van der Waals surface area contributed by atoms with Crippen molar-refractivity contribution in [1.82, 2.24) is 14.9 Å². The molecule has 0 spiro atoms. The summed E-state index contributed by atoms with van der Waals surface area (Å²) in [4.78, 5) is 19.4. The Morgan fingerprint density at radius 1 is 0.909 bits per heavy atom. The Labute approximate surface area is 262 Å². The van der Waals surface area contributed by atoms with Crippen molar-refractivity contribution in [3.8, 4) is 17.2 Å².